The van der Waals surface area contributed by atoms with Gasteiger partial charge in [-0.25, -0.2) is 13.1 Å². The Bertz CT molecular complexity index is 1380. The van der Waals surface area contributed by atoms with Crippen molar-refractivity contribution in [2.45, 2.75) is 74.0 Å². The van der Waals surface area contributed by atoms with E-state index in [0.717, 1.165) is 46.8 Å². The van der Waals surface area contributed by atoms with Gasteiger partial charge in [0.1, 0.15) is 0 Å². The number of benzene rings is 2. The molecular weight excluding hydrogens is 477 g/mol. The molecule has 3 atom stereocenters. The fourth-order valence-electron chi connectivity index (χ4n) is 6.35. The van der Waals surface area contributed by atoms with Crippen molar-refractivity contribution < 1.29 is 26.7 Å². The van der Waals surface area contributed by atoms with E-state index in [1.54, 1.807) is 35.1 Å². The molecule has 0 bridgehead atoms. The van der Waals surface area contributed by atoms with Crippen molar-refractivity contribution >= 4 is 20.7 Å². The number of fused-ring (bicyclic) bond motifs is 4. The number of nitrogens with zero attached hydrogens (tertiary/aromatic N) is 2. The number of sulfone groups is 1. The standard InChI is InChI=1S/C26H29F3N2O3S/c1-3-24-11-12-25(32,26(27,28)29)15-19(24)6-4-5-17-14-23-18(13-22(17)24)16-30-31(23)20-7-9-21(10-8-20)35(2,33)34/h7-10,13-14,16,19,32H,3-6,11-12,15H2,1-2H3/t19-,24-,25-/m1/s1. The highest BCUT2D eigenvalue weighted by Gasteiger charge is 2.60. The van der Waals surface area contributed by atoms with Crippen LogP contribution in [0.4, 0.5) is 13.2 Å². The van der Waals surface area contributed by atoms with Gasteiger partial charge in [-0.2, -0.15) is 18.3 Å². The Morgan fingerprint density at radius 1 is 1.17 bits per heavy atom. The Kier molecular flexibility index (Phi) is 5.60. The van der Waals surface area contributed by atoms with Crippen LogP contribution in [0.1, 0.15) is 56.6 Å². The number of halogens is 3. The van der Waals surface area contributed by atoms with Gasteiger partial charge in [0, 0.05) is 11.6 Å². The first-order valence-corrected chi connectivity index (χ1v) is 13.9. The highest BCUT2D eigenvalue weighted by molar-refractivity contribution is 7.90. The smallest absolute Gasteiger partial charge is 0.380 e. The molecule has 0 radical (unpaired) electrons. The fraction of sp³-hybridized carbons (Fsp3) is 0.500. The third-order valence-corrected chi connectivity index (χ3v) is 9.47. The molecule has 1 aromatic heterocycles. The van der Waals surface area contributed by atoms with Gasteiger partial charge in [0.25, 0.3) is 0 Å². The van der Waals surface area contributed by atoms with Gasteiger partial charge < -0.3 is 5.11 Å². The second-order valence-corrected chi connectivity index (χ2v) is 12.2. The summed E-state index contributed by atoms with van der Waals surface area (Å²) >= 11 is 0. The van der Waals surface area contributed by atoms with Gasteiger partial charge in [0.05, 0.1) is 22.3 Å². The topological polar surface area (TPSA) is 72.2 Å². The van der Waals surface area contributed by atoms with Gasteiger partial charge in [-0.15, -0.1) is 0 Å². The summed E-state index contributed by atoms with van der Waals surface area (Å²) in [6.45, 7) is 2.04. The molecule has 0 unspecified atom stereocenters. The molecule has 5 nitrogen and oxygen atoms in total. The molecule has 0 saturated heterocycles. The summed E-state index contributed by atoms with van der Waals surface area (Å²) in [6.07, 6.45) is 0.918. The molecule has 0 amide bonds. The third-order valence-electron chi connectivity index (χ3n) is 8.35. The van der Waals surface area contributed by atoms with E-state index in [1.807, 2.05) is 6.92 Å². The Labute approximate surface area is 202 Å². The van der Waals surface area contributed by atoms with E-state index in [-0.39, 0.29) is 23.7 Å². The van der Waals surface area contributed by atoms with Crippen LogP contribution in [0, 0.1) is 5.92 Å². The van der Waals surface area contributed by atoms with E-state index in [0.29, 0.717) is 19.3 Å². The minimum Gasteiger partial charge on any atom is -0.380 e. The summed E-state index contributed by atoms with van der Waals surface area (Å²) in [6, 6.07) is 10.7. The lowest BCUT2D eigenvalue weighted by molar-refractivity contribution is -0.279. The first-order valence-electron chi connectivity index (χ1n) is 12.0. The first-order chi connectivity index (χ1) is 16.4. The summed E-state index contributed by atoms with van der Waals surface area (Å²) in [5, 5.41) is 15.9. The zero-order valence-corrected chi connectivity index (χ0v) is 20.6. The molecule has 188 valence electrons. The van der Waals surface area contributed by atoms with E-state index < -0.39 is 27.0 Å². The van der Waals surface area contributed by atoms with Gasteiger partial charge in [0.2, 0.25) is 0 Å². The Balaban J connectivity index is 1.58. The van der Waals surface area contributed by atoms with Crippen LogP contribution in [0.5, 0.6) is 0 Å². The summed E-state index contributed by atoms with van der Waals surface area (Å²) in [5.41, 5.74) is 0.796. The molecule has 1 heterocycles. The summed E-state index contributed by atoms with van der Waals surface area (Å²) in [5.74, 6) is -0.245. The average Bonchev–Trinajstić information content (AvgIpc) is 3.14. The average molecular weight is 507 g/mol. The van der Waals surface area contributed by atoms with Gasteiger partial charge in [-0.3, -0.25) is 0 Å². The molecule has 9 heteroatoms. The number of hydrogen-bond donors (Lipinski definition) is 1. The molecule has 0 aliphatic heterocycles. The minimum absolute atomic E-state index is 0.235. The highest BCUT2D eigenvalue weighted by Crippen LogP contribution is 2.57. The Hall–Kier alpha value is -2.39. The van der Waals surface area contributed by atoms with Gasteiger partial charge in [0.15, 0.2) is 15.4 Å². The van der Waals surface area contributed by atoms with Crippen LogP contribution in [0.25, 0.3) is 16.6 Å². The van der Waals surface area contributed by atoms with Crippen molar-refractivity contribution in [3.05, 3.63) is 53.7 Å². The summed E-state index contributed by atoms with van der Waals surface area (Å²) in [4.78, 5) is 0.235. The molecule has 35 heavy (non-hydrogen) atoms. The lowest BCUT2D eigenvalue weighted by atomic mass is 9.56. The van der Waals surface area contributed by atoms with E-state index in [1.165, 1.54) is 0 Å². The fourth-order valence-corrected chi connectivity index (χ4v) is 6.98. The van der Waals surface area contributed by atoms with Crippen LogP contribution < -0.4 is 0 Å². The molecule has 3 aromatic rings. The Morgan fingerprint density at radius 2 is 1.89 bits per heavy atom. The monoisotopic (exact) mass is 506 g/mol. The predicted molar refractivity (Wildman–Crippen MR) is 127 cm³/mol. The molecule has 2 aromatic carbocycles. The maximum atomic E-state index is 13.7. The van der Waals surface area contributed by atoms with Crippen molar-refractivity contribution in [1.29, 1.82) is 0 Å². The lowest BCUT2D eigenvalue weighted by Gasteiger charge is -2.50. The second-order valence-electron chi connectivity index (χ2n) is 10.2. The van der Waals surface area contributed by atoms with Crippen LogP contribution in [0.15, 0.2) is 47.5 Å². The van der Waals surface area contributed by atoms with Gasteiger partial charge in [-0.1, -0.05) is 6.92 Å². The summed E-state index contributed by atoms with van der Waals surface area (Å²) < 4.78 is 66.4. The second kappa shape index (κ2) is 8.06. The van der Waals surface area contributed by atoms with Crippen LogP contribution in [-0.2, 0) is 21.7 Å². The normalized spacial score (nSPS) is 27.3. The van der Waals surface area contributed by atoms with Crippen LogP contribution in [0.3, 0.4) is 0 Å². The number of aromatic nitrogens is 2. The predicted octanol–water partition coefficient (Wildman–Crippen LogP) is 5.51. The van der Waals surface area contributed by atoms with Crippen molar-refractivity contribution in [3.8, 4) is 5.69 Å². The molecule has 2 aliphatic carbocycles. The Morgan fingerprint density at radius 3 is 2.51 bits per heavy atom. The van der Waals surface area contributed by atoms with Crippen LogP contribution >= 0.6 is 0 Å². The lowest BCUT2D eigenvalue weighted by Crippen LogP contribution is -2.54. The van der Waals surface area contributed by atoms with Crippen molar-refractivity contribution in [2.24, 2.45) is 5.92 Å². The number of hydrogen-bond acceptors (Lipinski definition) is 4. The molecule has 1 fully saturated rings. The number of aryl methyl sites for hydroxylation is 1. The van der Waals surface area contributed by atoms with Crippen molar-refractivity contribution in [3.63, 3.8) is 0 Å². The zero-order chi connectivity index (χ0) is 25.2. The maximum Gasteiger partial charge on any atom is 0.417 e. The first kappa shape index (κ1) is 24.3. The quantitative estimate of drug-likeness (QED) is 0.509. The molecular formula is C26H29F3N2O3S. The molecule has 0 spiro atoms. The summed E-state index contributed by atoms with van der Waals surface area (Å²) in [7, 11) is -3.30. The molecule has 1 saturated carbocycles. The maximum absolute atomic E-state index is 13.7. The molecule has 5 rings (SSSR count). The van der Waals surface area contributed by atoms with Crippen LogP contribution in [-0.4, -0.2) is 41.3 Å². The van der Waals surface area contributed by atoms with Crippen LogP contribution in [0.2, 0.25) is 0 Å². The van der Waals surface area contributed by atoms with Crippen molar-refractivity contribution in [1.82, 2.24) is 9.78 Å². The highest BCUT2D eigenvalue weighted by atomic mass is 32.2. The molecule has 1 N–H and O–H groups in total. The van der Waals surface area contributed by atoms with Gasteiger partial charge >= 0.3 is 6.18 Å². The largest absolute Gasteiger partial charge is 0.417 e. The van der Waals surface area contributed by atoms with Gasteiger partial charge in [-0.05, 0) is 104 Å². The third kappa shape index (κ3) is 3.87. The van der Waals surface area contributed by atoms with E-state index in [9.17, 15) is 26.7 Å². The molecule has 2 aliphatic rings. The number of aliphatic hydroxyl groups is 1. The number of alkyl halides is 3. The SMILES string of the molecule is CC[C@@]12CC[C@](O)(C(F)(F)F)C[C@H]1CCCc1cc3c(cnn3-c3ccc(S(C)(=O)=O)cc3)cc12. The minimum atomic E-state index is -4.63. The zero-order valence-electron chi connectivity index (χ0n) is 19.8. The van der Waals surface area contributed by atoms with E-state index in [2.05, 4.69) is 17.2 Å². The van der Waals surface area contributed by atoms with E-state index >= 15 is 0 Å². The number of rotatable bonds is 3. The van der Waals surface area contributed by atoms with Crippen molar-refractivity contribution in [2.75, 3.05) is 6.26 Å². The van der Waals surface area contributed by atoms with E-state index in [4.69, 9.17) is 0 Å².